The molecule has 1 aromatic carbocycles. The van der Waals surface area contributed by atoms with Crippen molar-refractivity contribution in [3.05, 3.63) is 72.3 Å². The fraction of sp³-hybridized carbons (Fsp3) is 0.167. The molecule has 0 saturated carbocycles. The van der Waals surface area contributed by atoms with Crippen LogP contribution in [0.15, 0.2) is 65.3 Å². The Labute approximate surface area is 129 Å². The molecular formula is C18H18N2O2. The standard InChI is InChI=1S/C18H18N2O2/c21-18(19-13-16-7-4-12-22-16)11-9-15-8-10-17(20-15)14-5-2-1-3-6-14/h1-8,10,12,20H,9,11,13H2,(H,19,21). The van der Waals surface area contributed by atoms with Gasteiger partial charge in [-0.2, -0.15) is 0 Å². The van der Waals surface area contributed by atoms with Gasteiger partial charge in [-0.15, -0.1) is 0 Å². The monoisotopic (exact) mass is 294 g/mol. The van der Waals surface area contributed by atoms with E-state index in [2.05, 4.69) is 22.4 Å². The zero-order chi connectivity index (χ0) is 15.2. The Hall–Kier alpha value is -2.75. The van der Waals surface area contributed by atoms with Gasteiger partial charge < -0.3 is 14.7 Å². The molecule has 0 aliphatic rings. The fourth-order valence-electron chi connectivity index (χ4n) is 2.31. The van der Waals surface area contributed by atoms with Crippen LogP contribution in [0.25, 0.3) is 11.3 Å². The highest BCUT2D eigenvalue weighted by Gasteiger charge is 2.06. The van der Waals surface area contributed by atoms with E-state index in [9.17, 15) is 4.79 Å². The lowest BCUT2D eigenvalue weighted by Crippen LogP contribution is -2.22. The van der Waals surface area contributed by atoms with E-state index in [0.29, 0.717) is 19.4 Å². The van der Waals surface area contributed by atoms with Gasteiger partial charge in [0.05, 0.1) is 12.8 Å². The number of hydrogen-bond acceptors (Lipinski definition) is 2. The molecule has 2 N–H and O–H groups in total. The second-order valence-corrected chi connectivity index (χ2v) is 5.12. The smallest absolute Gasteiger partial charge is 0.220 e. The quantitative estimate of drug-likeness (QED) is 0.730. The van der Waals surface area contributed by atoms with E-state index in [1.54, 1.807) is 6.26 Å². The molecule has 0 fully saturated rings. The van der Waals surface area contributed by atoms with Gasteiger partial charge in [-0.25, -0.2) is 0 Å². The first-order valence-corrected chi connectivity index (χ1v) is 7.33. The third-order valence-electron chi connectivity index (χ3n) is 3.49. The number of furan rings is 1. The van der Waals surface area contributed by atoms with Crippen molar-refractivity contribution in [1.29, 1.82) is 0 Å². The molecule has 0 aliphatic carbocycles. The number of aryl methyl sites for hydroxylation is 1. The van der Waals surface area contributed by atoms with Crippen LogP contribution in [0, 0.1) is 0 Å². The van der Waals surface area contributed by atoms with Crippen molar-refractivity contribution in [3.63, 3.8) is 0 Å². The van der Waals surface area contributed by atoms with Crippen molar-refractivity contribution in [3.8, 4) is 11.3 Å². The molecule has 0 aliphatic heterocycles. The minimum absolute atomic E-state index is 0.0206. The highest BCUT2D eigenvalue weighted by atomic mass is 16.3. The van der Waals surface area contributed by atoms with Crippen molar-refractivity contribution in [2.24, 2.45) is 0 Å². The summed E-state index contributed by atoms with van der Waals surface area (Å²) >= 11 is 0. The maximum atomic E-state index is 11.8. The van der Waals surface area contributed by atoms with Gasteiger partial charge >= 0.3 is 0 Å². The Morgan fingerprint density at radius 2 is 1.91 bits per heavy atom. The van der Waals surface area contributed by atoms with Gasteiger partial charge in [0.1, 0.15) is 5.76 Å². The van der Waals surface area contributed by atoms with Crippen molar-refractivity contribution < 1.29 is 9.21 Å². The molecule has 1 amide bonds. The van der Waals surface area contributed by atoms with Crippen LogP contribution in [-0.2, 0) is 17.8 Å². The van der Waals surface area contributed by atoms with Crippen LogP contribution in [-0.4, -0.2) is 10.9 Å². The molecule has 3 aromatic rings. The number of hydrogen-bond donors (Lipinski definition) is 2. The number of carbonyl (C=O) groups excluding carboxylic acids is 1. The summed E-state index contributed by atoms with van der Waals surface area (Å²) in [6, 6.07) is 17.9. The van der Waals surface area contributed by atoms with E-state index >= 15 is 0 Å². The van der Waals surface area contributed by atoms with E-state index in [-0.39, 0.29) is 5.91 Å². The molecule has 0 spiro atoms. The summed E-state index contributed by atoms with van der Waals surface area (Å²) in [6.45, 7) is 0.436. The fourth-order valence-corrected chi connectivity index (χ4v) is 2.31. The Balaban J connectivity index is 1.49. The summed E-state index contributed by atoms with van der Waals surface area (Å²) in [7, 11) is 0. The third kappa shape index (κ3) is 3.67. The first-order valence-electron chi connectivity index (χ1n) is 7.33. The van der Waals surface area contributed by atoms with Crippen LogP contribution in [0.2, 0.25) is 0 Å². The molecule has 0 bridgehead atoms. The molecule has 4 nitrogen and oxygen atoms in total. The Kier molecular flexibility index (Phi) is 4.39. The number of aromatic amines is 1. The number of benzene rings is 1. The third-order valence-corrected chi connectivity index (χ3v) is 3.49. The van der Waals surface area contributed by atoms with Crippen LogP contribution >= 0.6 is 0 Å². The predicted octanol–water partition coefficient (Wildman–Crippen LogP) is 3.52. The number of nitrogens with one attached hydrogen (secondary N) is 2. The minimum Gasteiger partial charge on any atom is -0.467 e. The molecule has 4 heteroatoms. The number of aromatic nitrogens is 1. The number of H-pyrrole nitrogens is 1. The number of rotatable bonds is 6. The molecule has 112 valence electrons. The summed E-state index contributed by atoms with van der Waals surface area (Å²) in [5.74, 6) is 0.784. The van der Waals surface area contributed by atoms with Gasteiger partial charge in [-0.05, 0) is 36.2 Å². The lowest BCUT2D eigenvalue weighted by atomic mass is 10.2. The molecule has 0 saturated heterocycles. The van der Waals surface area contributed by atoms with Gasteiger partial charge in [-0.3, -0.25) is 4.79 Å². The van der Waals surface area contributed by atoms with Gasteiger partial charge in [0, 0.05) is 17.8 Å². The van der Waals surface area contributed by atoms with Crippen LogP contribution in [0.5, 0.6) is 0 Å². The summed E-state index contributed by atoms with van der Waals surface area (Å²) in [4.78, 5) is 15.2. The molecule has 22 heavy (non-hydrogen) atoms. The second kappa shape index (κ2) is 6.80. The maximum Gasteiger partial charge on any atom is 0.220 e. The Bertz CT molecular complexity index is 715. The predicted molar refractivity (Wildman–Crippen MR) is 85.1 cm³/mol. The lowest BCUT2D eigenvalue weighted by Gasteiger charge is -2.02. The molecule has 3 rings (SSSR count). The molecule has 0 radical (unpaired) electrons. The number of carbonyl (C=O) groups is 1. The van der Waals surface area contributed by atoms with Gasteiger partial charge in [0.15, 0.2) is 0 Å². The van der Waals surface area contributed by atoms with Crippen molar-refractivity contribution in [2.75, 3.05) is 0 Å². The van der Waals surface area contributed by atoms with Crippen molar-refractivity contribution in [2.45, 2.75) is 19.4 Å². The summed E-state index contributed by atoms with van der Waals surface area (Å²) in [5.41, 5.74) is 3.29. The largest absolute Gasteiger partial charge is 0.467 e. The minimum atomic E-state index is 0.0206. The average Bonchev–Trinajstić information content (AvgIpc) is 3.23. The van der Waals surface area contributed by atoms with Crippen LogP contribution < -0.4 is 5.32 Å². The normalized spacial score (nSPS) is 10.5. The van der Waals surface area contributed by atoms with Gasteiger partial charge in [0.25, 0.3) is 0 Å². The molecule has 2 heterocycles. The zero-order valence-electron chi connectivity index (χ0n) is 12.2. The van der Waals surface area contributed by atoms with E-state index in [1.807, 2.05) is 42.5 Å². The van der Waals surface area contributed by atoms with Gasteiger partial charge in [-0.1, -0.05) is 30.3 Å². The summed E-state index contributed by atoms with van der Waals surface area (Å²) < 4.78 is 5.18. The Morgan fingerprint density at radius 1 is 1.05 bits per heavy atom. The Morgan fingerprint density at radius 3 is 2.68 bits per heavy atom. The van der Waals surface area contributed by atoms with E-state index in [4.69, 9.17) is 4.42 Å². The van der Waals surface area contributed by atoms with E-state index < -0.39 is 0 Å². The summed E-state index contributed by atoms with van der Waals surface area (Å²) in [6.07, 6.45) is 2.75. The highest BCUT2D eigenvalue weighted by molar-refractivity contribution is 5.76. The first-order chi connectivity index (χ1) is 10.8. The van der Waals surface area contributed by atoms with Gasteiger partial charge in [0.2, 0.25) is 5.91 Å². The van der Waals surface area contributed by atoms with Crippen LogP contribution in [0.1, 0.15) is 17.9 Å². The van der Waals surface area contributed by atoms with Crippen LogP contribution in [0.4, 0.5) is 0 Å². The topological polar surface area (TPSA) is 58.0 Å². The molecule has 2 aromatic heterocycles. The van der Waals surface area contributed by atoms with E-state index in [1.165, 1.54) is 0 Å². The number of amides is 1. The molecule has 0 atom stereocenters. The molecular weight excluding hydrogens is 276 g/mol. The second-order valence-electron chi connectivity index (χ2n) is 5.12. The summed E-state index contributed by atoms with van der Waals surface area (Å²) in [5, 5.41) is 2.85. The van der Waals surface area contributed by atoms with Crippen molar-refractivity contribution >= 4 is 5.91 Å². The lowest BCUT2D eigenvalue weighted by molar-refractivity contribution is -0.121. The maximum absolute atomic E-state index is 11.8. The molecule has 0 unspecified atom stereocenters. The first kappa shape index (κ1) is 14.2. The van der Waals surface area contributed by atoms with Crippen LogP contribution in [0.3, 0.4) is 0 Å². The zero-order valence-corrected chi connectivity index (χ0v) is 12.2. The SMILES string of the molecule is O=C(CCc1ccc(-c2ccccc2)[nH]1)NCc1ccco1. The highest BCUT2D eigenvalue weighted by Crippen LogP contribution is 2.18. The average molecular weight is 294 g/mol. The van der Waals surface area contributed by atoms with E-state index in [0.717, 1.165) is 22.7 Å². The van der Waals surface area contributed by atoms with Crippen molar-refractivity contribution in [1.82, 2.24) is 10.3 Å².